The zero-order valence-corrected chi connectivity index (χ0v) is 10.7. The van der Waals surface area contributed by atoms with Gasteiger partial charge in [0.05, 0.1) is 5.56 Å². The highest BCUT2D eigenvalue weighted by molar-refractivity contribution is 5.95. The predicted octanol–water partition coefficient (Wildman–Crippen LogP) is 3.41. The van der Waals surface area contributed by atoms with Gasteiger partial charge < -0.3 is 10.0 Å². The van der Waals surface area contributed by atoms with Crippen molar-refractivity contribution < 1.29 is 9.90 Å². The summed E-state index contributed by atoms with van der Waals surface area (Å²) in [5, 5.41) is 9.20. The van der Waals surface area contributed by atoms with E-state index in [2.05, 4.69) is 11.5 Å². The largest absolute Gasteiger partial charge is 0.478 e. The summed E-state index contributed by atoms with van der Waals surface area (Å²) in [5.74, 6) is -0.897. The Morgan fingerprint density at radius 1 is 1.44 bits per heavy atom. The van der Waals surface area contributed by atoms with Gasteiger partial charge in [-0.3, -0.25) is 0 Å². The van der Waals surface area contributed by atoms with Gasteiger partial charge in [0.2, 0.25) is 0 Å². The highest BCUT2D eigenvalue weighted by atomic mass is 16.4. The summed E-state index contributed by atoms with van der Waals surface area (Å²) >= 11 is 0. The third kappa shape index (κ3) is 2.26. The molecule has 0 bridgehead atoms. The summed E-state index contributed by atoms with van der Waals surface area (Å²) in [6, 6.07) is 5.93. The highest BCUT2D eigenvalue weighted by Crippen LogP contribution is 2.31. The summed E-state index contributed by atoms with van der Waals surface area (Å²) in [5.41, 5.74) is 2.02. The van der Waals surface area contributed by atoms with E-state index in [4.69, 9.17) is 0 Å². The maximum atomic E-state index is 11.2. The Hall–Kier alpha value is -1.77. The fraction of sp³-hybridized carbons (Fsp3) is 0.400. The number of hydrogen-bond acceptors (Lipinski definition) is 2. The standard InChI is InChI=1S/C15H19NO2/c1-3-12-13(15(17)18)9-6-10-14(12)16(2)11-7-4-5-8-11/h3,6,9-11H,1,4-5,7-8H2,2H3,(H,17,18). The van der Waals surface area contributed by atoms with Crippen molar-refractivity contribution >= 4 is 17.7 Å². The molecule has 3 nitrogen and oxygen atoms in total. The summed E-state index contributed by atoms with van der Waals surface area (Å²) in [4.78, 5) is 13.4. The fourth-order valence-electron chi connectivity index (χ4n) is 2.75. The molecule has 0 aromatic heterocycles. The van der Waals surface area contributed by atoms with Crippen LogP contribution >= 0.6 is 0 Å². The van der Waals surface area contributed by atoms with Gasteiger partial charge in [-0.05, 0) is 25.0 Å². The first-order valence-electron chi connectivity index (χ1n) is 6.36. The van der Waals surface area contributed by atoms with Crippen LogP contribution in [0.1, 0.15) is 41.6 Å². The smallest absolute Gasteiger partial charge is 0.336 e. The molecule has 0 unspecified atom stereocenters. The van der Waals surface area contributed by atoms with E-state index in [-0.39, 0.29) is 0 Å². The molecular weight excluding hydrogens is 226 g/mol. The first-order valence-corrected chi connectivity index (χ1v) is 6.36. The van der Waals surface area contributed by atoms with Gasteiger partial charge in [-0.2, -0.15) is 0 Å². The maximum Gasteiger partial charge on any atom is 0.336 e. The fourth-order valence-corrected chi connectivity index (χ4v) is 2.75. The summed E-state index contributed by atoms with van der Waals surface area (Å²) in [7, 11) is 2.05. The average Bonchev–Trinajstić information content (AvgIpc) is 2.90. The number of benzene rings is 1. The van der Waals surface area contributed by atoms with Crippen LogP contribution in [0.25, 0.3) is 6.08 Å². The number of rotatable bonds is 4. The van der Waals surface area contributed by atoms with Crippen molar-refractivity contribution in [1.82, 2.24) is 0 Å². The van der Waals surface area contributed by atoms with Crippen LogP contribution in [0.3, 0.4) is 0 Å². The number of carboxylic acid groups (broad SMARTS) is 1. The number of carboxylic acids is 1. The molecule has 0 radical (unpaired) electrons. The molecule has 0 atom stereocenters. The lowest BCUT2D eigenvalue weighted by molar-refractivity contribution is 0.0696. The summed E-state index contributed by atoms with van der Waals surface area (Å²) in [6.07, 6.45) is 6.53. The quantitative estimate of drug-likeness (QED) is 0.883. The van der Waals surface area contributed by atoms with Crippen LogP contribution < -0.4 is 4.90 Å². The van der Waals surface area contributed by atoms with Crippen molar-refractivity contribution in [3.05, 3.63) is 35.9 Å². The topological polar surface area (TPSA) is 40.5 Å². The van der Waals surface area contributed by atoms with E-state index >= 15 is 0 Å². The average molecular weight is 245 g/mol. The molecule has 3 heteroatoms. The molecule has 0 aliphatic heterocycles. The molecule has 0 saturated heterocycles. The highest BCUT2D eigenvalue weighted by Gasteiger charge is 2.22. The van der Waals surface area contributed by atoms with Crippen LogP contribution in [0.15, 0.2) is 24.8 Å². The van der Waals surface area contributed by atoms with E-state index in [1.807, 2.05) is 13.1 Å². The molecule has 0 heterocycles. The third-order valence-electron chi connectivity index (χ3n) is 3.77. The number of hydrogen-bond donors (Lipinski definition) is 1. The molecule has 2 rings (SSSR count). The van der Waals surface area contributed by atoms with Crippen molar-refractivity contribution in [2.45, 2.75) is 31.7 Å². The predicted molar refractivity (Wildman–Crippen MR) is 74.2 cm³/mol. The SMILES string of the molecule is C=Cc1c(C(=O)O)cccc1N(C)C1CCCC1. The van der Waals surface area contributed by atoms with E-state index in [1.165, 1.54) is 25.7 Å². The molecule has 0 amide bonds. The van der Waals surface area contributed by atoms with Crippen molar-refractivity contribution in [3.63, 3.8) is 0 Å². The Morgan fingerprint density at radius 2 is 2.11 bits per heavy atom. The molecule has 96 valence electrons. The minimum atomic E-state index is -0.897. The third-order valence-corrected chi connectivity index (χ3v) is 3.77. The lowest BCUT2D eigenvalue weighted by atomic mass is 10.0. The van der Waals surface area contributed by atoms with Gasteiger partial charge in [0.1, 0.15) is 0 Å². The van der Waals surface area contributed by atoms with Gasteiger partial charge in [0.25, 0.3) is 0 Å². The van der Waals surface area contributed by atoms with Crippen LogP contribution in [0.5, 0.6) is 0 Å². The number of anilines is 1. The molecule has 1 fully saturated rings. The van der Waals surface area contributed by atoms with Crippen molar-refractivity contribution in [3.8, 4) is 0 Å². The van der Waals surface area contributed by atoms with E-state index in [0.29, 0.717) is 11.6 Å². The van der Waals surface area contributed by atoms with Crippen LogP contribution in [0.2, 0.25) is 0 Å². The number of aromatic carboxylic acids is 1. The van der Waals surface area contributed by atoms with E-state index in [0.717, 1.165) is 11.3 Å². The minimum Gasteiger partial charge on any atom is -0.478 e. The second-order valence-corrected chi connectivity index (χ2v) is 4.80. The van der Waals surface area contributed by atoms with Gasteiger partial charge >= 0.3 is 5.97 Å². The molecule has 1 aliphatic carbocycles. The van der Waals surface area contributed by atoms with Crippen LogP contribution in [0, 0.1) is 0 Å². The molecule has 1 aliphatic rings. The molecule has 1 saturated carbocycles. The number of carbonyl (C=O) groups is 1. The van der Waals surface area contributed by atoms with Gasteiger partial charge in [-0.25, -0.2) is 4.79 Å². The van der Waals surface area contributed by atoms with E-state index in [1.54, 1.807) is 18.2 Å². The molecular formula is C15H19NO2. The molecule has 1 N–H and O–H groups in total. The van der Waals surface area contributed by atoms with Gasteiger partial charge in [0.15, 0.2) is 0 Å². The van der Waals surface area contributed by atoms with E-state index < -0.39 is 5.97 Å². The Balaban J connectivity index is 2.40. The Bertz CT molecular complexity index is 462. The van der Waals surface area contributed by atoms with E-state index in [9.17, 15) is 9.90 Å². The van der Waals surface area contributed by atoms with Crippen molar-refractivity contribution in [2.75, 3.05) is 11.9 Å². The van der Waals surface area contributed by atoms with Gasteiger partial charge in [-0.1, -0.05) is 31.6 Å². The van der Waals surface area contributed by atoms with Crippen LogP contribution in [0.4, 0.5) is 5.69 Å². The summed E-state index contributed by atoms with van der Waals surface area (Å²) in [6.45, 7) is 3.75. The summed E-state index contributed by atoms with van der Waals surface area (Å²) < 4.78 is 0. The van der Waals surface area contributed by atoms with Crippen LogP contribution in [-0.4, -0.2) is 24.2 Å². The molecule has 1 aromatic rings. The Kier molecular flexibility index (Phi) is 3.70. The second-order valence-electron chi connectivity index (χ2n) is 4.80. The monoisotopic (exact) mass is 245 g/mol. The molecule has 1 aromatic carbocycles. The van der Waals surface area contributed by atoms with Crippen LogP contribution in [-0.2, 0) is 0 Å². The minimum absolute atomic E-state index is 0.326. The lowest BCUT2D eigenvalue weighted by Crippen LogP contribution is -2.29. The lowest BCUT2D eigenvalue weighted by Gasteiger charge is -2.28. The Morgan fingerprint density at radius 3 is 2.67 bits per heavy atom. The molecule has 18 heavy (non-hydrogen) atoms. The molecule has 0 spiro atoms. The van der Waals surface area contributed by atoms with Crippen molar-refractivity contribution in [1.29, 1.82) is 0 Å². The maximum absolute atomic E-state index is 11.2. The van der Waals surface area contributed by atoms with Gasteiger partial charge in [0, 0.05) is 24.3 Å². The normalized spacial score (nSPS) is 15.6. The number of nitrogens with zero attached hydrogens (tertiary/aromatic N) is 1. The first kappa shape index (κ1) is 12.7. The zero-order valence-electron chi connectivity index (χ0n) is 10.7. The van der Waals surface area contributed by atoms with Gasteiger partial charge in [-0.15, -0.1) is 0 Å². The Labute approximate surface area is 108 Å². The second kappa shape index (κ2) is 5.25. The van der Waals surface area contributed by atoms with Crippen molar-refractivity contribution in [2.24, 2.45) is 0 Å². The zero-order chi connectivity index (χ0) is 13.1. The first-order chi connectivity index (χ1) is 8.65.